The number of nitrogens with zero attached hydrogens (tertiary/aromatic N) is 1. The molecule has 2 aromatic rings. The first-order valence-electron chi connectivity index (χ1n) is 5.44. The standard InChI is InChI=1S/C13H14FNO2/c1-7(2)11-9-5-4-8(14)6-10(9)15(3)12(11)13(16)17/h4-7H,1-3H3,(H,16,17). The Bertz CT molecular complexity index is 599. The fourth-order valence-corrected chi connectivity index (χ4v) is 2.28. The second kappa shape index (κ2) is 3.87. The van der Waals surface area contributed by atoms with Gasteiger partial charge in [-0.25, -0.2) is 9.18 Å². The van der Waals surface area contributed by atoms with E-state index >= 15 is 0 Å². The number of carbonyl (C=O) groups is 1. The van der Waals surface area contributed by atoms with Crippen LogP contribution in [-0.2, 0) is 7.05 Å². The zero-order valence-electron chi connectivity index (χ0n) is 9.99. The number of rotatable bonds is 2. The highest BCUT2D eigenvalue weighted by Crippen LogP contribution is 2.31. The van der Waals surface area contributed by atoms with E-state index in [1.807, 2.05) is 13.8 Å². The van der Waals surface area contributed by atoms with Gasteiger partial charge in [0.05, 0.1) is 5.52 Å². The van der Waals surface area contributed by atoms with Gasteiger partial charge in [0.1, 0.15) is 11.5 Å². The maximum absolute atomic E-state index is 13.2. The van der Waals surface area contributed by atoms with Crippen LogP contribution in [-0.4, -0.2) is 15.6 Å². The fraction of sp³-hybridized carbons (Fsp3) is 0.308. The highest BCUT2D eigenvalue weighted by atomic mass is 19.1. The smallest absolute Gasteiger partial charge is 0.352 e. The van der Waals surface area contributed by atoms with Crippen LogP contribution in [0.4, 0.5) is 4.39 Å². The van der Waals surface area contributed by atoms with Crippen LogP contribution in [0.15, 0.2) is 18.2 Å². The molecule has 2 rings (SSSR count). The molecule has 0 radical (unpaired) electrons. The number of hydrogen-bond acceptors (Lipinski definition) is 1. The molecule has 1 aromatic heterocycles. The van der Waals surface area contributed by atoms with Gasteiger partial charge in [0.2, 0.25) is 0 Å². The maximum Gasteiger partial charge on any atom is 0.352 e. The summed E-state index contributed by atoms with van der Waals surface area (Å²) < 4.78 is 14.7. The van der Waals surface area contributed by atoms with E-state index in [0.29, 0.717) is 5.52 Å². The summed E-state index contributed by atoms with van der Waals surface area (Å²) in [5.74, 6) is -1.26. The number of carboxylic acid groups (broad SMARTS) is 1. The Morgan fingerprint density at radius 2 is 2.06 bits per heavy atom. The first-order chi connectivity index (χ1) is 7.93. The molecule has 90 valence electrons. The van der Waals surface area contributed by atoms with Crippen LogP contribution in [0.5, 0.6) is 0 Å². The van der Waals surface area contributed by atoms with Gasteiger partial charge < -0.3 is 9.67 Å². The third-order valence-corrected chi connectivity index (χ3v) is 2.98. The molecule has 0 spiro atoms. The number of aromatic nitrogens is 1. The number of hydrogen-bond donors (Lipinski definition) is 1. The number of benzene rings is 1. The minimum atomic E-state index is -0.979. The molecule has 0 atom stereocenters. The third-order valence-electron chi connectivity index (χ3n) is 2.98. The van der Waals surface area contributed by atoms with Crippen molar-refractivity contribution < 1.29 is 14.3 Å². The molecule has 0 amide bonds. The van der Waals surface area contributed by atoms with Gasteiger partial charge in [-0.15, -0.1) is 0 Å². The highest BCUT2D eigenvalue weighted by Gasteiger charge is 2.22. The van der Waals surface area contributed by atoms with E-state index in [1.54, 1.807) is 13.1 Å². The minimum absolute atomic E-state index is 0.0789. The van der Waals surface area contributed by atoms with Crippen molar-refractivity contribution in [3.8, 4) is 0 Å². The van der Waals surface area contributed by atoms with Crippen molar-refractivity contribution >= 4 is 16.9 Å². The van der Waals surface area contributed by atoms with Crippen LogP contribution < -0.4 is 0 Å². The lowest BCUT2D eigenvalue weighted by molar-refractivity contribution is 0.0685. The van der Waals surface area contributed by atoms with Crippen molar-refractivity contribution in [2.24, 2.45) is 7.05 Å². The van der Waals surface area contributed by atoms with Crippen molar-refractivity contribution in [3.05, 3.63) is 35.3 Å². The quantitative estimate of drug-likeness (QED) is 0.868. The van der Waals surface area contributed by atoms with Gasteiger partial charge in [-0.1, -0.05) is 13.8 Å². The Kier molecular flexibility index (Phi) is 2.65. The average Bonchev–Trinajstić information content (AvgIpc) is 2.52. The summed E-state index contributed by atoms with van der Waals surface area (Å²) in [6.45, 7) is 3.87. The predicted octanol–water partition coefficient (Wildman–Crippen LogP) is 3.14. The van der Waals surface area contributed by atoms with Crippen LogP contribution in [0, 0.1) is 5.82 Å². The maximum atomic E-state index is 13.2. The highest BCUT2D eigenvalue weighted by molar-refractivity contribution is 5.98. The first kappa shape index (κ1) is 11.6. The van der Waals surface area contributed by atoms with Gasteiger partial charge in [0.15, 0.2) is 0 Å². The summed E-state index contributed by atoms with van der Waals surface area (Å²) in [4.78, 5) is 11.3. The molecule has 1 heterocycles. The van der Waals surface area contributed by atoms with Crippen LogP contribution >= 0.6 is 0 Å². The van der Waals surface area contributed by atoms with E-state index in [1.165, 1.54) is 16.7 Å². The molecule has 0 fully saturated rings. The van der Waals surface area contributed by atoms with E-state index in [-0.39, 0.29) is 17.4 Å². The van der Waals surface area contributed by atoms with Gasteiger partial charge in [-0.2, -0.15) is 0 Å². The molecular formula is C13H14FNO2. The molecule has 0 unspecified atom stereocenters. The van der Waals surface area contributed by atoms with Crippen LogP contribution in [0.25, 0.3) is 10.9 Å². The topological polar surface area (TPSA) is 42.2 Å². The molecule has 0 saturated heterocycles. The summed E-state index contributed by atoms with van der Waals surface area (Å²) in [6.07, 6.45) is 0. The normalized spacial score (nSPS) is 11.4. The third kappa shape index (κ3) is 1.69. The fourth-order valence-electron chi connectivity index (χ4n) is 2.28. The van der Waals surface area contributed by atoms with Gasteiger partial charge >= 0.3 is 5.97 Å². The molecule has 17 heavy (non-hydrogen) atoms. The molecule has 3 nitrogen and oxygen atoms in total. The van der Waals surface area contributed by atoms with Gasteiger partial charge in [-0.05, 0) is 29.7 Å². The number of fused-ring (bicyclic) bond motifs is 1. The van der Waals surface area contributed by atoms with Crippen molar-refractivity contribution in [2.45, 2.75) is 19.8 Å². The SMILES string of the molecule is CC(C)c1c(C(=O)O)n(C)c2cc(F)ccc12. The lowest BCUT2D eigenvalue weighted by Crippen LogP contribution is -2.08. The van der Waals surface area contributed by atoms with E-state index in [0.717, 1.165) is 10.9 Å². The number of halogens is 1. The zero-order chi connectivity index (χ0) is 12.7. The van der Waals surface area contributed by atoms with Crippen LogP contribution in [0.3, 0.4) is 0 Å². The summed E-state index contributed by atoms with van der Waals surface area (Å²) in [7, 11) is 1.65. The largest absolute Gasteiger partial charge is 0.477 e. The van der Waals surface area contributed by atoms with E-state index in [4.69, 9.17) is 0 Å². The molecule has 1 aromatic carbocycles. The minimum Gasteiger partial charge on any atom is -0.477 e. The van der Waals surface area contributed by atoms with Crippen molar-refractivity contribution in [1.82, 2.24) is 4.57 Å². The van der Waals surface area contributed by atoms with E-state index < -0.39 is 5.97 Å². The Balaban J connectivity index is 2.92. The van der Waals surface area contributed by atoms with Crippen molar-refractivity contribution in [1.29, 1.82) is 0 Å². The molecular weight excluding hydrogens is 221 g/mol. The Hall–Kier alpha value is -1.84. The molecule has 4 heteroatoms. The van der Waals surface area contributed by atoms with Gasteiger partial charge in [0.25, 0.3) is 0 Å². The Morgan fingerprint density at radius 1 is 1.41 bits per heavy atom. The second-order valence-corrected chi connectivity index (χ2v) is 4.44. The predicted molar refractivity (Wildman–Crippen MR) is 63.9 cm³/mol. The summed E-state index contributed by atoms with van der Waals surface area (Å²) >= 11 is 0. The molecule has 0 aliphatic rings. The Labute approximate surface area is 98.5 Å². The lowest BCUT2D eigenvalue weighted by Gasteiger charge is -2.06. The lowest BCUT2D eigenvalue weighted by atomic mass is 9.99. The van der Waals surface area contributed by atoms with Crippen LogP contribution in [0.2, 0.25) is 0 Å². The summed E-state index contributed by atoms with van der Waals surface area (Å²) in [5, 5.41) is 10.1. The number of carboxylic acids is 1. The van der Waals surface area contributed by atoms with Crippen molar-refractivity contribution in [2.75, 3.05) is 0 Å². The Morgan fingerprint density at radius 3 is 2.59 bits per heavy atom. The van der Waals surface area contributed by atoms with Gasteiger partial charge in [0, 0.05) is 12.4 Å². The van der Waals surface area contributed by atoms with Crippen molar-refractivity contribution in [3.63, 3.8) is 0 Å². The monoisotopic (exact) mass is 235 g/mol. The molecule has 0 aliphatic carbocycles. The van der Waals surface area contributed by atoms with E-state index in [9.17, 15) is 14.3 Å². The second-order valence-electron chi connectivity index (χ2n) is 4.44. The van der Waals surface area contributed by atoms with Crippen LogP contribution in [0.1, 0.15) is 35.8 Å². The molecule has 1 N–H and O–H groups in total. The molecule has 0 aliphatic heterocycles. The average molecular weight is 235 g/mol. The summed E-state index contributed by atoms with van der Waals surface area (Å²) in [5.41, 5.74) is 1.61. The zero-order valence-corrected chi connectivity index (χ0v) is 9.99. The first-order valence-corrected chi connectivity index (χ1v) is 5.44. The molecule has 0 saturated carbocycles. The molecule has 0 bridgehead atoms. The van der Waals surface area contributed by atoms with Gasteiger partial charge in [-0.3, -0.25) is 0 Å². The number of aryl methyl sites for hydroxylation is 1. The van der Waals surface area contributed by atoms with E-state index in [2.05, 4.69) is 0 Å². The summed E-state index contributed by atoms with van der Waals surface area (Å²) in [6, 6.07) is 4.37. The number of aromatic carboxylic acids is 1.